The van der Waals surface area contributed by atoms with Crippen LogP contribution in [0.1, 0.15) is 23.8 Å². The van der Waals surface area contributed by atoms with E-state index < -0.39 is 0 Å². The molecule has 5 nitrogen and oxygen atoms in total. The quantitative estimate of drug-likeness (QED) is 0.882. The molecule has 0 spiro atoms. The molecule has 1 aromatic carbocycles. The minimum atomic E-state index is -0.0159. The Balaban J connectivity index is 1.95. The molecule has 2 heterocycles. The van der Waals surface area contributed by atoms with Gasteiger partial charge in [0, 0.05) is 22.4 Å². The van der Waals surface area contributed by atoms with E-state index in [-0.39, 0.29) is 11.9 Å². The van der Waals surface area contributed by atoms with Crippen molar-refractivity contribution in [1.29, 1.82) is 0 Å². The van der Waals surface area contributed by atoms with Gasteiger partial charge in [0.1, 0.15) is 0 Å². The standard InChI is InChI=1S/C14H17BrN4O/c1-8-4-9(6-16)7-19(8)14(20)13-11-5-10(15)2-3-12(11)17-18-13/h2-3,5,8-9H,4,6-7,16H2,1H3,(H,17,18). The minimum absolute atomic E-state index is 0.0159. The van der Waals surface area contributed by atoms with Gasteiger partial charge in [0.2, 0.25) is 0 Å². The number of nitrogens with one attached hydrogen (secondary N) is 1. The summed E-state index contributed by atoms with van der Waals surface area (Å²) in [6.45, 7) is 3.41. The van der Waals surface area contributed by atoms with Crippen LogP contribution in [0.3, 0.4) is 0 Å². The zero-order valence-electron chi connectivity index (χ0n) is 11.3. The minimum Gasteiger partial charge on any atom is -0.334 e. The Hall–Kier alpha value is -1.40. The second-order valence-electron chi connectivity index (χ2n) is 5.41. The SMILES string of the molecule is CC1CC(CN)CN1C(=O)c1n[nH]c2ccc(Br)cc12. The summed E-state index contributed by atoms with van der Waals surface area (Å²) in [7, 11) is 0. The molecule has 3 N–H and O–H groups in total. The summed E-state index contributed by atoms with van der Waals surface area (Å²) in [5, 5.41) is 7.97. The molecule has 1 aromatic heterocycles. The monoisotopic (exact) mass is 336 g/mol. The third-order valence-corrected chi connectivity index (χ3v) is 4.48. The third kappa shape index (κ3) is 2.23. The van der Waals surface area contributed by atoms with Crippen molar-refractivity contribution in [2.45, 2.75) is 19.4 Å². The van der Waals surface area contributed by atoms with Crippen molar-refractivity contribution < 1.29 is 4.79 Å². The Morgan fingerprint density at radius 3 is 3.10 bits per heavy atom. The summed E-state index contributed by atoms with van der Waals surface area (Å²) >= 11 is 3.43. The smallest absolute Gasteiger partial charge is 0.275 e. The van der Waals surface area contributed by atoms with Crippen LogP contribution in [0.5, 0.6) is 0 Å². The van der Waals surface area contributed by atoms with Crippen LogP contribution in [0.15, 0.2) is 22.7 Å². The molecule has 0 radical (unpaired) electrons. The van der Waals surface area contributed by atoms with E-state index in [0.717, 1.165) is 28.3 Å². The van der Waals surface area contributed by atoms with Crippen molar-refractivity contribution in [1.82, 2.24) is 15.1 Å². The number of fused-ring (bicyclic) bond motifs is 1. The number of nitrogens with zero attached hydrogens (tertiary/aromatic N) is 2. The number of hydrogen-bond donors (Lipinski definition) is 2. The highest BCUT2D eigenvalue weighted by atomic mass is 79.9. The van der Waals surface area contributed by atoms with E-state index in [2.05, 4.69) is 33.1 Å². The fourth-order valence-corrected chi connectivity index (χ4v) is 3.24. The number of H-pyrrole nitrogens is 1. The van der Waals surface area contributed by atoms with E-state index in [1.807, 2.05) is 23.1 Å². The summed E-state index contributed by atoms with van der Waals surface area (Å²) in [5.74, 6) is 0.378. The van der Waals surface area contributed by atoms with E-state index in [4.69, 9.17) is 5.73 Å². The topological polar surface area (TPSA) is 75.0 Å². The summed E-state index contributed by atoms with van der Waals surface area (Å²) in [6, 6.07) is 5.99. The van der Waals surface area contributed by atoms with Crippen LogP contribution in [0.2, 0.25) is 0 Å². The second kappa shape index (κ2) is 5.18. The summed E-state index contributed by atoms with van der Waals surface area (Å²) in [4.78, 5) is 14.6. The number of aromatic nitrogens is 2. The molecule has 1 amide bonds. The maximum absolute atomic E-state index is 12.7. The number of carbonyl (C=O) groups is 1. The molecule has 2 aromatic rings. The highest BCUT2D eigenvalue weighted by molar-refractivity contribution is 9.10. The van der Waals surface area contributed by atoms with Gasteiger partial charge in [-0.05, 0) is 44.0 Å². The first-order chi connectivity index (χ1) is 9.60. The van der Waals surface area contributed by atoms with Crippen LogP contribution in [-0.4, -0.2) is 40.1 Å². The van der Waals surface area contributed by atoms with Crippen molar-refractivity contribution in [2.75, 3.05) is 13.1 Å². The van der Waals surface area contributed by atoms with Crippen LogP contribution in [-0.2, 0) is 0 Å². The molecule has 1 saturated heterocycles. The number of nitrogens with two attached hydrogens (primary N) is 1. The number of aromatic amines is 1. The number of benzene rings is 1. The van der Waals surface area contributed by atoms with Crippen molar-refractivity contribution in [3.63, 3.8) is 0 Å². The fourth-order valence-electron chi connectivity index (χ4n) is 2.88. The molecule has 6 heteroatoms. The van der Waals surface area contributed by atoms with E-state index >= 15 is 0 Å². The van der Waals surface area contributed by atoms with Crippen molar-refractivity contribution in [3.05, 3.63) is 28.4 Å². The Labute approximate surface area is 125 Å². The molecular formula is C14H17BrN4O. The maximum atomic E-state index is 12.7. The first-order valence-corrected chi connectivity index (χ1v) is 7.54. The van der Waals surface area contributed by atoms with Gasteiger partial charge in [0.25, 0.3) is 5.91 Å². The van der Waals surface area contributed by atoms with Crippen LogP contribution >= 0.6 is 15.9 Å². The van der Waals surface area contributed by atoms with Gasteiger partial charge in [-0.2, -0.15) is 5.10 Å². The Morgan fingerprint density at radius 2 is 2.40 bits per heavy atom. The number of rotatable bonds is 2. The van der Waals surface area contributed by atoms with Crippen molar-refractivity contribution >= 4 is 32.7 Å². The molecule has 0 aliphatic carbocycles. The average Bonchev–Trinajstić information content (AvgIpc) is 3.01. The largest absolute Gasteiger partial charge is 0.334 e. The summed E-state index contributed by atoms with van der Waals surface area (Å²) < 4.78 is 0.940. The number of hydrogen-bond acceptors (Lipinski definition) is 3. The lowest BCUT2D eigenvalue weighted by molar-refractivity contribution is 0.0739. The van der Waals surface area contributed by atoms with E-state index in [0.29, 0.717) is 18.2 Å². The predicted octanol–water partition coefficient (Wildman–Crippen LogP) is 2.13. The van der Waals surface area contributed by atoms with Gasteiger partial charge in [-0.3, -0.25) is 9.89 Å². The Bertz CT molecular complexity index is 654. The van der Waals surface area contributed by atoms with Crippen molar-refractivity contribution in [2.24, 2.45) is 11.7 Å². The zero-order chi connectivity index (χ0) is 14.3. The number of halogens is 1. The Morgan fingerprint density at radius 1 is 1.60 bits per heavy atom. The third-order valence-electron chi connectivity index (χ3n) is 3.98. The van der Waals surface area contributed by atoms with Gasteiger partial charge in [0.05, 0.1) is 5.52 Å². The molecular weight excluding hydrogens is 320 g/mol. The van der Waals surface area contributed by atoms with Crippen LogP contribution in [0.25, 0.3) is 10.9 Å². The lowest BCUT2D eigenvalue weighted by atomic mass is 10.1. The highest BCUT2D eigenvalue weighted by Gasteiger charge is 2.33. The average molecular weight is 337 g/mol. The molecule has 1 fully saturated rings. The van der Waals surface area contributed by atoms with Crippen molar-refractivity contribution in [3.8, 4) is 0 Å². The molecule has 3 rings (SSSR count). The van der Waals surface area contributed by atoms with E-state index in [1.165, 1.54) is 0 Å². The fraction of sp³-hybridized carbons (Fsp3) is 0.429. The Kier molecular flexibility index (Phi) is 3.52. The first kappa shape index (κ1) is 13.6. The van der Waals surface area contributed by atoms with Gasteiger partial charge < -0.3 is 10.6 Å². The summed E-state index contributed by atoms with van der Waals surface area (Å²) in [5.41, 5.74) is 7.09. The molecule has 106 valence electrons. The predicted molar refractivity (Wildman–Crippen MR) is 81.5 cm³/mol. The van der Waals surface area contributed by atoms with Crippen LogP contribution in [0.4, 0.5) is 0 Å². The lowest BCUT2D eigenvalue weighted by Crippen LogP contribution is -2.34. The molecule has 0 bridgehead atoms. The zero-order valence-corrected chi connectivity index (χ0v) is 12.9. The highest BCUT2D eigenvalue weighted by Crippen LogP contribution is 2.27. The molecule has 1 aliphatic rings. The molecule has 2 atom stereocenters. The maximum Gasteiger partial charge on any atom is 0.275 e. The lowest BCUT2D eigenvalue weighted by Gasteiger charge is -2.20. The normalized spacial score (nSPS) is 22.6. The van der Waals surface area contributed by atoms with Gasteiger partial charge in [0.15, 0.2) is 5.69 Å². The first-order valence-electron chi connectivity index (χ1n) is 6.74. The molecule has 2 unspecified atom stereocenters. The molecule has 1 aliphatic heterocycles. The van der Waals surface area contributed by atoms with Crippen LogP contribution < -0.4 is 5.73 Å². The van der Waals surface area contributed by atoms with E-state index in [1.54, 1.807) is 0 Å². The second-order valence-corrected chi connectivity index (χ2v) is 6.32. The van der Waals surface area contributed by atoms with E-state index in [9.17, 15) is 4.79 Å². The van der Waals surface area contributed by atoms with Gasteiger partial charge in [-0.1, -0.05) is 15.9 Å². The summed E-state index contributed by atoms with van der Waals surface area (Å²) in [6.07, 6.45) is 0.967. The number of carbonyl (C=O) groups excluding carboxylic acids is 1. The van der Waals surface area contributed by atoms with Gasteiger partial charge >= 0.3 is 0 Å². The molecule has 0 saturated carbocycles. The van der Waals surface area contributed by atoms with Gasteiger partial charge in [-0.15, -0.1) is 0 Å². The number of amides is 1. The van der Waals surface area contributed by atoms with Gasteiger partial charge in [-0.25, -0.2) is 0 Å². The molecule has 20 heavy (non-hydrogen) atoms. The number of likely N-dealkylation sites (tertiary alicyclic amines) is 1. The van der Waals surface area contributed by atoms with Crippen LogP contribution in [0, 0.1) is 5.92 Å².